The summed E-state index contributed by atoms with van der Waals surface area (Å²) in [5, 5.41) is 7.89. The van der Waals surface area contributed by atoms with Crippen LogP contribution in [0.15, 0.2) is 29.7 Å². The van der Waals surface area contributed by atoms with Gasteiger partial charge >= 0.3 is 0 Å². The molecule has 1 aromatic carbocycles. The van der Waals surface area contributed by atoms with Crippen molar-refractivity contribution in [3.63, 3.8) is 0 Å². The van der Waals surface area contributed by atoms with Crippen molar-refractivity contribution in [3.05, 3.63) is 40.1 Å². The summed E-state index contributed by atoms with van der Waals surface area (Å²) in [6, 6.07) is 5.22. The molecule has 146 valence electrons. The fourth-order valence-electron chi connectivity index (χ4n) is 3.22. The number of hydrogen-bond donors (Lipinski definition) is 0. The summed E-state index contributed by atoms with van der Waals surface area (Å²) in [7, 11) is -1.94. The Kier molecular flexibility index (Phi) is 6.08. The second-order valence-electron chi connectivity index (χ2n) is 6.59. The van der Waals surface area contributed by atoms with Crippen LogP contribution >= 0.6 is 23.2 Å². The molecule has 0 aliphatic carbocycles. The monoisotopic (exact) mass is 430 g/mol. The zero-order valence-electron chi connectivity index (χ0n) is 14.8. The SMILES string of the molecule is Cn1cnnc1S(=O)(=O)C1CCN(C(=O)CCc2ccc(Cl)cc2Cl)CC1. The van der Waals surface area contributed by atoms with Gasteiger partial charge in [0.1, 0.15) is 6.33 Å². The van der Waals surface area contributed by atoms with Crippen molar-refractivity contribution < 1.29 is 13.2 Å². The lowest BCUT2D eigenvalue weighted by Gasteiger charge is -2.31. The van der Waals surface area contributed by atoms with Crippen LogP contribution in [-0.2, 0) is 28.1 Å². The minimum atomic E-state index is -3.54. The quantitative estimate of drug-likeness (QED) is 0.727. The fourth-order valence-corrected chi connectivity index (χ4v) is 5.46. The van der Waals surface area contributed by atoms with E-state index < -0.39 is 15.1 Å². The molecule has 1 aliphatic rings. The number of sulfone groups is 1. The molecule has 7 nitrogen and oxygen atoms in total. The average molecular weight is 431 g/mol. The normalized spacial score (nSPS) is 15.9. The summed E-state index contributed by atoms with van der Waals surface area (Å²) < 4.78 is 26.7. The summed E-state index contributed by atoms with van der Waals surface area (Å²) in [6.07, 6.45) is 2.99. The van der Waals surface area contributed by atoms with E-state index in [2.05, 4.69) is 10.2 Å². The molecule has 0 bridgehead atoms. The molecule has 0 N–H and O–H groups in total. The molecule has 1 fully saturated rings. The van der Waals surface area contributed by atoms with Crippen molar-refractivity contribution in [2.45, 2.75) is 36.1 Å². The van der Waals surface area contributed by atoms with Gasteiger partial charge in [-0.1, -0.05) is 29.3 Å². The van der Waals surface area contributed by atoms with Crippen LogP contribution in [-0.4, -0.2) is 52.3 Å². The molecule has 1 saturated heterocycles. The van der Waals surface area contributed by atoms with E-state index in [1.54, 1.807) is 24.1 Å². The van der Waals surface area contributed by atoms with Crippen LogP contribution in [0.4, 0.5) is 0 Å². The number of amides is 1. The van der Waals surface area contributed by atoms with Crippen LogP contribution in [0.3, 0.4) is 0 Å². The number of rotatable bonds is 5. The van der Waals surface area contributed by atoms with Gasteiger partial charge in [0.05, 0.1) is 5.25 Å². The average Bonchev–Trinajstić information content (AvgIpc) is 3.07. The topological polar surface area (TPSA) is 85.2 Å². The molecule has 1 aromatic heterocycles. The molecule has 0 unspecified atom stereocenters. The third-order valence-corrected chi connectivity index (χ3v) is 7.60. The first-order valence-corrected chi connectivity index (χ1v) is 10.9. The van der Waals surface area contributed by atoms with Crippen LogP contribution in [0.5, 0.6) is 0 Å². The van der Waals surface area contributed by atoms with E-state index >= 15 is 0 Å². The number of hydrogen-bond acceptors (Lipinski definition) is 5. The Morgan fingerprint density at radius 3 is 2.56 bits per heavy atom. The number of carbonyl (C=O) groups excluding carboxylic acids is 1. The van der Waals surface area contributed by atoms with Crippen LogP contribution in [0.25, 0.3) is 0 Å². The van der Waals surface area contributed by atoms with Crippen molar-refractivity contribution in [2.75, 3.05) is 13.1 Å². The van der Waals surface area contributed by atoms with Crippen LogP contribution in [0.1, 0.15) is 24.8 Å². The minimum absolute atomic E-state index is 0.00415. The predicted octanol–water partition coefficient (Wildman–Crippen LogP) is 2.52. The number of aromatic nitrogens is 3. The number of likely N-dealkylation sites (tertiary alicyclic amines) is 1. The Hall–Kier alpha value is -1.64. The van der Waals surface area contributed by atoms with Gasteiger partial charge < -0.3 is 9.47 Å². The van der Waals surface area contributed by atoms with E-state index in [1.165, 1.54) is 10.9 Å². The van der Waals surface area contributed by atoms with Gasteiger partial charge in [0.25, 0.3) is 0 Å². The highest BCUT2D eigenvalue weighted by Crippen LogP contribution is 2.25. The molecule has 0 atom stereocenters. The molecule has 1 amide bonds. The molecule has 0 saturated carbocycles. The number of halogens is 2. The summed E-state index contributed by atoms with van der Waals surface area (Å²) in [5.74, 6) is -0.00415. The van der Waals surface area contributed by atoms with E-state index in [0.29, 0.717) is 48.8 Å². The van der Waals surface area contributed by atoms with E-state index in [0.717, 1.165) is 5.56 Å². The molecule has 3 rings (SSSR count). The lowest BCUT2D eigenvalue weighted by Crippen LogP contribution is -2.43. The predicted molar refractivity (Wildman–Crippen MR) is 103 cm³/mol. The second kappa shape index (κ2) is 8.16. The van der Waals surface area contributed by atoms with Crippen molar-refractivity contribution in [1.82, 2.24) is 19.7 Å². The third-order valence-electron chi connectivity index (χ3n) is 4.78. The smallest absolute Gasteiger partial charge is 0.249 e. The van der Waals surface area contributed by atoms with Crippen LogP contribution in [0.2, 0.25) is 10.0 Å². The number of carbonyl (C=O) groups is 1. The van der Waals surface area contributed by atoms with Gasteiger partial charge in [-0.05, 0) is 37.0 Å². The van der Waals surface area contributed by atoms with E-state index in [4.69, 9.17) is 23.2 Å². The first-order chi connectivity index (χ1) is 12.8. The lowest BCUT2D eigenvalue weighted by atomic mass is 10.1. The molecule has 10 heteroatoms. The van der Waals surface area contributed by atoms with Crippen molar-refractivity contribution in [1.29, 1.82) is 0 Å². The molecule has 0 radical (unpaired) electrons. The largest absolute Gasteiger partial charge is 0.343 e. The van der Waals surface area contributed by atoms with Crippen molar-refractivity contribution >= 4 is 38.9 Å². The molecular weight excluding hydrogens is 411 g/mol. The Labute approximate surface area is 168 Å². The summed E-state index contributed by atoms with van der Waals surface area (Å²) in [5.41, 5.74) is 0.870. The van der Waals surface area contributed by atoms with Crippen LogP contribution < -0.4 is 0 Å². The van der Waals surface area contributed by atoms with Gasteiger partial charge in [-0.15, -0.1) is 10.2 Å². The molecular formula is C17H20Cl2N4O3S. The maximum absolute atomic E-state index is 12.7. The number of benzene rings is 1. The maximum atomic E-state index is 12.7. The summed E-state index contributed by atoms with van der Waals surface area (Å²) in [6.45, 7) is 0.823. The first kappa shape index (κ1) is 20.1. The van der Waals surface area contributed by atoms with Crippen molar-refractivity contribution in [3.8, 4) is 0 Å². The molecule has 27 heavy (non-hydrogen) atoms. The lowest BCUT2D eigenvalue weighted by molar-refractivity contribution is -0.132. The third kappa shape index (κ3) is 4.44. The molecule has 0 spiro atoms. The van der Waals surface area contributed by atoms with E-state index in [9.17, 15) is 13.2 Å². The second-order valence-corrected chi connectivity index (χ2v) is 9.55. The van der Waals surface area contributed by atoms with Gasteiger partial charge in [0.2, 0.25) is 20.9 Å². The molecule has 1 aliphatic heterocycles. The molecule has 2 heterocycles. The molecule has 2 aromatic rings. The Bertz CT molecular complexity index is 937. The van der Waals surface area contributed by atoms with Gasteiger partial charge in [0, 0.05) is 36.6 Å². The van der Waals surface area contributed by atoms with Crippen LogP contribution in [0, 0.1) is 0 Å². The fraction of sp³-hybridized carbons (Fsp3) is 0.471. The standard InChI is InChI=1S/C17H20Cl2N4O3S/c1-22-11-20-21-17(22)27(25,26)14-6-8-23(9-7-14)16(24)5-3-12-2-4-13(18)10-15(12)19/h2,4,10-11,14H,3,5-9H2,1H3. The van der Waals surface area contributed by atoms with Gasteiger partial charge in [-0.25, -0.2) is 8.42 Å². The first-order valence-electron chi connectivity index (χ1n) is 8.58. The van der Waals surface area contributed by atoms with Crippen molar-refractivity contribution in [2.24, 2.45) is 7.05 Å². The number of nitrogens with zero attached hydrogens (tertiary/aromatic N) is 4. The minimum Gasteiger partial charge on any atom is -0.343 e. The van der Waals surface area contributed by atoms with E-state index in [1.807, 2.05) is 6.07 Å². The zero-order chi connectivity index (χ0) is 19.6. The Morgan fingerprint density at radius 1 is 1.26 bits per heavy atom. The number of piperidine rings is 1. The summed E-state index contributed by atoms with van der Waals surface area (Å²) >= 11 is 12.0. The van der Waals surface area contributed by atoms with Gasteiger partial charge in [0.15, 0.2) is 0 Å². The zero-order valence-corrected chi connectivity index (χ0v) is 17.1. The van der Waals surface area contributed by atoms with Gasteiger partial charge in [-0.3, -0.25) is 4.79 Å². The Morgan fingerprint density at radius 2 is 1.96 bits per heavy atom. The number of aryl methyl sites for hydroxylation is 2. The maximum Gasteiger partial charge on any atom is 0.249 e. The summed E-state index contributed by atoms with van der Waals surface area (Å²) in [4.78, 5) is 14.2. The van der Waals surface area contributed by atoms with E-state index in [-0.39, 0.29) is 11.1 Å². The van der Waals surface area contributed by atoms with Gasteiger partial charge in [-0.2, -0.15) is 0 Å². The highest BCUT2D eigenvalue weighted by atomic mass is 35.5. The Balaban J connectivity index is 1.56. The highest BCUT2D eigenvalue weighted by Gasteiger charge is 2.35. The highest BCUT2D eigenvalue weighted by molar-refractivity contribution is 7.91.